The van der Waals surface area contributed by atoms with Crippen LogP contribution in [0.3, 0.4) is 0 Å². The van der Waals surface area contributed by atoms with Crippen LogP contribution >= 0.6 is 0 Å². The van der Waals surface area contributed by atoms with E-state index in [-0.39, 0.29) is 16.7 Å². The van der Waals surface area contributed by atoms with E-state index in [0.29, 0.717) is 19.1 Å². The van der Waals surface area contributed by atoms with Crippen molar-refractivity contribution in [1.82, 2.24) is 0 Å². The molecule has 0 aromatic carbocycles. The molecule has 4 nitrogen and oxygen atoms in total. The van der Waals surface area contributed by atoms with Crippen molar-refractivity contribution in [2.45, 2.75) is 59.0 Å². The first kappa shape index (κ1) is 14.3. The van der Waals surface area contributed by atoms with Gasteiger partial charge in [0.1, 0.15) is 0 Å². The minimum absolute atomic E-state index is 0.229. The van der Waals surface area contributed by atoms with Crippen LogP contribution in [0.15, 0.2) is 0 Å². The average molecular weight is 279 g/mol. The Bertz CT molecular complexity index is 426. The highest BCUT2D eigenvalue weighted by Gasteiger charge is 2.67. The molecule has 112 valence electrons. The Morgan fingerprint density at radius 2 is 1.90 bits per heavy atom. The first-order valence-electron chi connectivity index (χ1n) is 7.72. The third-order valence-electron chi connectivity index (χ3n) is 5.18. The summed E-state index contributed by atoms with van der Waals surface area (Å²) in [5.74, 6) is -0.148. The molecule has 4 fully saturated rings. The Balaban J connectivity index is 1.78. The van der Waals surface area contributed by atoms with Crippen LogP contribution in [0.2, 0.25) is 0 Å². The van der Waals surface area contributed by atoms with Crippen LogP contribution in [0.4, 0.5) is 0 Å². The van der Waals surface area contributed by atoms with Gasteiger partial charge in [0.25, 0.3) is 5.97 Å². The van der Waals surface area contributed by atoms with E-state index < -0.39 is 12.1 Å². The number of fused-ring (bicyclic) bond motifs is 3. The fourth-order valence-electron chi connectivity index (χ4n) is 3.86. The van der Waals surface area contributed by atoms with Crippen LogP contribution in [0.1, 0.15) is 47.0 Å². The smallest absolute Gasteiger partial charge is 0.287 e. The number of ether oxygens (including phenoxy) is 3. The zero-order valence-electron chi connectivity index (χ0n) is 12.9. The standard InChI is InChI=1S/C16H25NO3/c1-5-6-15-9-18-16(19-10-15,20-13(15)8-17)12-7-11(12)14(2,3)4/h11-13H,5-7,9-10H2,1-4H3/t11-,12-,13?,15?,16?/m1/s1. The van der Waals surface area contributed by atoms with Crippen molar-refractivity contribution < 1.29 is 14.2 Å². The maximum Gasteiger partial charge on any atom is 0.287 e. The van der Waals surface area contributed by atoms with E-state index in [4.69, 9.17) is 14.2 Å². The lowest BCUT2D eigenvalue weighted by Crippen LogP contribution is -2.65. The Morgan fingerprint density at radius 1 is 1.25 bits per heavy atom. The van der Waals surface area contributed by atoms with Gasteiger partial charge in [-0.15, -0.1) is 0 Å². The number of nitriles is 1. The highest BCUT2D eigenvalue weighted by Crippen LogP contribution is 2.61. The van der Waals surface area contributed by atoms with Gasteiger partial charge in [0.15, 0.2) is 6.10 Å². The Morgan fingerprint density at radius 3 is 2.35 bits per heavy atom. The molecule has 20 heavy (non-hydrogen) atoms. The summed E-state index contributed by atoms with van der Waals surface area (Å²) in [6, 6.07) is 2.34. The lowest BCUT2D eigenvalue weighted by Gasteiger charge is -2.54. The van der Waals surface area contributed by atoms with Crippen LogP contribution in [0.5, 0.6) is 0 Å². The summed E-state index contributed by atoms with van der Waals surface area (Å²) < 4.78 is 18.0. The SMILES string of the molecule is CCCC12COC([C@@H]3C[C@H]3C(C)(C)C)(OC1)OC2C#N. The normalized spacial score (nSPS) is 47.0. The van der Waals surface area contributed by atoms with Gasteiger partial charge in [-0.25, -0.2) is 0 Å². The highest BCUT2D eigenvalue weighted by molar-refractivity contribution is 5.09. The molecule has 3 atom stereocenters. The van der Waals surface area contributed by atoms with E-state index in [1.54, 1.807) is 0 Å². The van der Waals surface area contributed by atoms with Crippen LogP contribution < -0.4 is 0 Å². The van der Waals surface area contributed by atoms with E-state index in [0.717, 1.165) is 19.3 Å². The van der Waals surface area contributed by atoms with Gasteiger partial charge < -0.3 is 14.2 Å². The van der Waals surface area contributed by atoms with E-state index in [2.05, 4.69) is 33.8 Å². The van der Waals surface area contributed by atoms with E-state index in [1.165, 1.54) is 0 Å². The first-order chi connectivity index (χ1) is 9.37. The van der Waals surface area contributed by atoms with Crippen molar-refractivity contribution in [2.24, 2.45) is 22.7 Å². The number of rotatable bonds is 3. The summed E-state index contributed by atoms with van der Waals surface area (Å²) in [5, 5.41) is 9.46. The van der Waals surface area contributed by atoms with Crippen molar-refractivity contribution >= 4 is 0 Å². The molecular formula is C16H25NO3. The van der Waals surface area contributed by atoms with Gasteiger partial charge in [-0.05, 0) is 24.2 Å². The molecule has 1 aliphatic carbocycles. The topological polar surface area (TPSA) is 51.5 Å². The van der Waals surface area contributed by atoms with Gasteiger partial charge >= 0.3 is 0 Å². The Hall–Kier alpha value is -0.630. The summed E-state index contributed by atoms with van der Waals surface area (Å²) in [6.07, 6.45) is 2.58. The van der Waals surface area contributed by atoms with Gasteiger partial charge in [-0.3, -0.25) is 0 Å². The third kappa shape index (κ3) is 1.99. The molecule has 4 aliphatic rings. The zero-order valence-corrected chi connectivity index (χ0v) is 12.9. The molecule has 0 aromatic heterocycles. The molecule has 1 saturated carbocycles. The first-order valence-corrected chi connectivity index (χ1v) is 7.72. The van der Waals surface area contributed by atoms with Crippen molar-refractivity contribution in [1.29, 1.82) is 5.26 Å². The maximum absolute atomic E-state index is 9.46. The van der Waals surface area contributed by atoms with Gasteiger partial charge in [-0.1, -0.05) is 34.1 Å². The fourth-order valence-corrected chi connectivity index (χ4v) is 3.86. The zero-order chi connectivity index (χ0) is 14.6. The predicted molar refractivity (Wildman–Crippen MR) is 73.5 cm³/mol. The Labute approximate surface area is 121 Å². The van der Waals surface area contributed by atoms with Gasteiger partial charge in [-0.2, -0.15) is 5.26 Å². The summed E-state index contributed by atoms with van der Waals surface area (Å²) in [7, 11) is 0. The summed E-state index contributed by atoms with van der Waals surface area (Å²) in [6.45, 7) is 10.0. The average Bonchev–Trinajstić information content (AvgIpc) is 3.20. The lowest BCUT2D eigenvalue weighted by atomic mass is 9.77. The van der Waals surface area contributed by atoms with Crippen LogP contribution in [-0.2, 0) is 14.2 Å². The van der Waals surface area contributed by atoms with Crippen molar-refractivity contribution in [3.8, 4) is 6.07 Å². The quantitative estimate of drug-likeness (QED) is 0.796. The summed E-state index contributed by atoms with van der Waals surface area (Å²) >= 11 is 0. The van der Waals surface area contributed by atoms with Crippen LogP contribution in [0, 0.1) is 34.0 Å². The number of hydrogen-bond acceptors (Lipinski definition) is 4. The molecular weight excluding hydrogens is 254 g/mol. The molecule has 3 saturated heterocycles. The molecule has 3 heterocycles. The van der Waals surface area contributed by atoms with Crippen molar-refractivity contribution in [2.75, 3.05) is 13.2 Å². The molecule has 0 aromatic rings. The lowest BCUT2D eigenvalue weighted by molar-refractivity contribution is -0.491. The molecule has 2 bridgehead atoms. The molecule has 4 heteroatoms. The third-order valence-corrected chi connectivity index (χ3v) is 5.18. The van der Waals surface area contributed by atoms with E-state index in [1.807, 2.05) is 0 Å². The van der Waals surface area contributed by atoms with Crippen LogP contribution in [0.25, 0.3) is 0 Å². The minimum atomic E-state index is -0.951. The van der Waals surface area contributed by atoms with Crippen molar-refractivity contribution in [3.05, 3.63) is 0 Å². The molecule has 0 N–H and O–H groups in total. The Kier molecular flexibility index (Phi) is 3.17. The second-order valence-corrected chi connectivity index (χ2v) is 7.73. The van der Waals surface area contributed by atoms with Gasteiger partial charge in [0.2, 0.25) is 0 Å². The van der Waals surface area contributed by atoms with E-state index >= 15 is 0 Å². The van der Waals surface area contributed by atoms with E-state index in [9.17, 15) is 5.26 Å². The minimum Gasteiger partial charge on any atom is -0.326 e. The number of nitrogens with zero attached hydrogens (tertiary/aromatic N) is 1. The second-order valence-electron chi connectivity index (χ2n) is 7.73. The second kappa shape index (κ2) is 4.43. The van der Waals surface area contributed by atoms with Crippen molar-refractivity contribution in [3.63, 3.8) is 0 Å². The van der Waals surface area contributed by atoms with Crippen LogP contribution in [-0.4, -0.2) is 25.3 Å². The van der Waals surface area contributed by atoms with Gasteiger partial charge in [0, 0.05) is 5.92 Å². The largest absolute Gasteiger partial charge is 0.326 e. The summed E-state index contributed by atoms with van der Waals surface area (Å²) in [5.41, 5.74) is -0.0373. The maximum atomic E-state index is 9.46. The fraction of sp³-hybridized carbons (Fsp3) is 0.938. The molecule has 0 amide bonds. The molecule has 4 rings (SSSR count). The molecule has 0 radical (unpaired) electrons. The number of hydrogen-bond donors (Lipinski definition) is 0. The monoisotopic (exact) mass is 279 g/mol. The molecule has 3 aliphatic heterocycles. The predicted octanol–water partition coefficient (Wildman–Crippen LogP) is 3.08. The van der Waals surface area contributed by atoms with Gasteiger partial charge in [0.05, 0.1) is 24.7 Å². The molecule has 0 spiro atoms. The highest BCUT2D eigenvalue weighted by atomic mass is 16.9. The summed E-state index contributed by atoms with van der Waals surface area (Å²) in [4.78, 5) is 0. The molecule has 1 unspecified atom stereocenters.